The van der Waals surface area contributed by atoms with E-state index in [1.54, 1.807) is 6.07 Å². The molecule has 32 heavy (non-hydrogen) atoms. The fourth-order valence-corrected chi connectivity index (χ4v) is 5.40. The Labute approximate surface area is 186 Å². The minimum atomic E-state index is -3.74. The molecule has 10 nitrogen and oxygen atoms in total. The molecule has 2 aliphatic rings. The maximum Gasteiger partial charge on any atom is 0.269 e. The second-order valence-corrected chi connectivity index (χ2v) is 9.49. The summed E-state index contributed by atoms with van der Waals surface area (Å²) in [5.41, 5.74) is 2.36. The number of hydrogen-bond acceptors (Lipinski definition) is 8. The number of sulfonamides is 1. The SMILES string of the molecule is N#Cc1ccc(N2CCN(S(=O)(=O)c3ccc([N+](=O)[O-])cc3)CC2)c(N2CCOCC2)c1. The Balaban J connectivity index is 1.51. The highest BCUT2D eigenvalue weighted by Gasteiger charge is 2.30. The monoisotopic (exact) mass is 457 g/mol. The summed E-state index contributed by atoms with van der Waals surface area (Å²) in [7, 11) is -3.74. The predicted molar refractivity (Wildman–Crippen MR) is 118 cm³/mol. The lowest BCUT2D eigenvalue weighted by atomic mass is 10.1. The number of ether oxygens (including phenoxy) is 1. The van der Waals surface area contributed by atoms with Gasteiger partial charge in [0.1, 0.15) is 0 Å². The summed E-state index contributed by atoms with van der Waals surface area (Å²) in [6.07, 6.45) is 0. The topological polar surface area (TPSA) is 120 Å². The lowest BCUT2D eigenvalue weighted by Gasteiger charge is -2.38. The minimum absolute atomic E-state index is 0.0453. The maximum absolute atomic E-state index is 13.0. The van der Waals surface area contributed by atoms with Crippen LogP contribution < -0.4 is 9.80 Å². The zero-order valence-corrected chi connectivity index (χ0v) is 18.2. The van der Waals surface area contributed by atoms with E-state index < -0.39 is 14.9 Å². The Morgan fingerprint density at radius 1 is 0.906 bits per heavy atom. The molecular formula is C21H23N5O5S. The highest BCUT2D eigenvalue weighted by Crippen LogP contribution is 2.32. The van der Waals surface area contributed by atoms with E-state index in [4.69, 9.17) is 4.74 Å². The van der Waals surface area contributed by atoms with Crippen LogP contribution >= 0.6 is 0 Å². The van der Waals surface area contributed by atoms with E-state index in [2.05, 4.69) is 15.9 Å². The average Bonchev–Trinajstić information content (AvgIpc) is 2.84. The van der Waals surface area contributed by atoms with Crippen molar-refractivity contribution in [3.8, 4) is 6.07 Å². The number of piperazine rings is 1. The molecule has 0 spiro atoms. The van der Waals surface area contributed by atoms with E-state index in [9.17, 15) is 23.8 Å². The van der Waals surface area contributed by atoms with Gasteiger partial charge in [-0.25, -0.2) is 8.42 Å². The first-order valence-corrected chi connectivity index (χ1v) is 11.7. The number of nitriles is 1. The normalized spacial score (nSPS) is 17.7. The molecule has 4 rings (SSSR count). The zero-order chi connectivity index (χ0) is 22.7. The van der Waals surface area contributed by atoms with Gasteiger partial charge in [0.25, 0.3) is 5.69 Å². The second-order valence-electron chi connectivity index (χ2n) is 7.56. The molecule has 2 saturated heterocycles. The van der Waals surface area contributed by atoms with Crippen molar-refractivity contribution in [2.75, 3.05) is 62.3 Å². The Morgan fingerprint density at radius 3 is 2.12 bits per heavy atom. The summed E-state index contributed by atoms with van der Waals surface area (Å²) in [6, 6.07) is 12.7. The first-order valence-electron chi connectivity index (χ1n) is 10.3. The molecule has 168 valence electrons. The van der Waals surface area contributed by atoms with Gasteiger partial charge in [0.05, 0.1) is 46.0 Å². The third-order valence-electron chi connectivity index (χ3n) is 5.72. The van der Waals surface area contributed by atoms with Crippen LogP contribution in [0.3, 0.4) is 0 Å². The van der Waals surface area contributed by atoms with Gasteiger partial charge >= 0.3 is 0 Å². The summed E-state index contributed by atoms with van der Waals surface area (Å²) in [5, 5.41) is 20.2. The largest absolute Gasteiger partial charge is 0.378 e. The van der Waals surface area contributed by atoms with Crippen molar-refractivity contribution in [1.82, 2.24) is 4.31 Å². The molecule has 0 saturated carbocycles. The van der Waals surface area contributed by atoms with E-state index >= 15 is 0 Å². The first-order chi connectivity index (χ1) is 15.4. The van der Waals surface area contributed by atoms with Gasteiger partial charge in [0.15, 0.2) is 0 Å². The molecule has 2 aromatic carbocycles. The van der Waals surface area contributed by atoms with E-state index in [-0.39, 0.29) is 10.6 Å². The number of benzene rings is 2. The van der Waals surface area contributed by atoms with Crippen molar-refractivity contribution >= 4 is 27.1 Å². The van der Waals surface area contributed by atoms with Crippen molar-refractivity contribution in [3.05, 3.63) is 58.1 Å². The summed E-state index contributed by atoms with van der Waals surface area (Å²) in [5.74, 6) is 0. The smallest absolute Gasteiger partial charge is 0.269 e. The van der Waals surface area contributed by atoms with Gasteiger partial charge in [-0.1, -0.05) is 0 Å². The number of rotatable bonds is 5. The molecule has 2 aromatic rings. The van der Waals surface area contributed by atoms with Gasteiger partial charge in [-0.05, 0) is 30.3 Å². The molecule has 0 unspecified atom stereocenters. The lowest BCUT2D eigenvalue weighted by Crippen LogP contribution is -2.49. The molecule has 11 heteroatoms. The van der Waals surface area contributed by atoms with Crippen LogP contribution in [0.25, 0.3) is 0 Å². The lowest BCUT2D eigenvalue weighted by molar-refractivity contribution is -0.384. The molecule has 2 aliphatic heterocycles. The third-order valence-corrected chi connectivity index (χ3v) is 7.63. The van der Waals surface area contributed by atoms with Crippen molar-refractivity contribution in [2.45, 2.75) is 4.90 Å². The number of nitrogens with zero attached hydrogens (tertiary/aromatic N) is 5. The average molecular weight is 458 g/mol. The number of hydrogen-bond donors (Lipinski definition) is 0. The first kappa shape index (κ1) is 22.0. The fraction of sp³-hybridized carbons (Fsp3) is 0.381. The van der Waals surface area contributed by atoms with Crippen molar-refractivity contribution in [1.29, 1.82) is 5.26 Å². The van der Waals surface area contributed by atoms with Gasteiger partial charge < -0.3 is 14.5 Å². The second kappa shape index (κ2) is 9.12. The Bertz CT molecular complexity index is 1130. The van der Waals surface area contributed by atoms with E-state index in [0.717, 1.165) is 24.5 Å². The Kier molecular flexibility index (Phi) is 6.27. The van der Waals surface area contributed by atoms with Crippen LogP contribution in [-0.4, -0.2) is 70.1 Å². The Morgan fingerprint density at radius 2 is 1.53 bits per heavy atom. The molecule has 0 N–H and O–H groups in total. The number of nitro groups is 1. The molecule has 0 aromatic heterocycles. The summed E-state index contributed by atoms with van der Waals surface area (Å²) in [4.78, 5) is 14.6. The zero-order valence-electron chi connectivity index (χ0n) is 17.4. The fourth-order valence-electron chi connectivity index (χ4n) is 3.98. The molecule has 0 atom stereocenters. The number of nitro benzene ring substituents is 1. The van der Waals surface area contributed by atoms with E-state index in [0.29, 0.717) is 45.0 Å². The molecule has 2 fully saturated rings. The molecule has 0 aliphatic carbocycles. The highest BCUT2D eigenvalue weighted by molar-refractivity contribution is 7.89. The maximum atomic E-state index is 13.0. The molecule has 0 radical (unpaired) electrons. The standard InChI is InChI=1S/C21H23N5O5S/c22-16-17-1-6-20(21(15-17)24-11-13-31-14-12-24)23-7-9-25(10-8-23)32(29,30)19-4-2-18(3-5-19)26(27)28/h1-6,15H,7-14H2. The van der Waals surface area contributed by atoms with Gasteiger partial charge in [0.2, 0.25) is 10.0 Å². The summed E-state index contributed by atoms with van der Waals surface area (Å²) in [6.45, 7) is 4.29. The van der Waals surface area contributed by atoms with Crippen molar-refractivity contribution in [3.63, 3.8) is 0 Å². The molecule has 2 heterocycles. The van der Waals surface area contributed by atoms with Crippen LogP contribution in [0.4, 0.5) is 17.1 Å². The van der Waals surface area contributed by atoms with Gasteiger partial charge in [0, 0.05) is 51.4 Å². The third kappa shape index (κ3) is 4.38. The molecule has 0 bridgehead atoms. The van der Waals surface area contributed by atoms with Crippen LogP contribution in [0, 0.1) is 21.4 Å². The molecule has 0 amide bonds. The summed E-state index contributed by atoms with van der Waals surface area (Å²) >= 11 is 0. The van der Waals surface area contributed by atoms with Gasteiger partial charge in [-0.2, -0.15) is 9.57 Å². The summed E-state index contributed by atoms with van der Waals surface area (Å²) < 4.78 is 32.8. The Hall–Kier alpha value is -3.20. The van der Waals surface area contributed by atoms with E-state index in [1.807, 2.05) is 12.1 Å². The minimum Gasteiger partial charge on any atom is -0.378 e. The number of morpholine rings is 1. The van der Waals surface area contributed by atoms with Crippen LogP contribution in [0.2, 0.25) is 0 Å². The van der Waals surface area contributed by atoms with Crippen LogP contribution in [-0.2, 0) is 14.8 Å². The van der Waals surface area contributed by atoms with Crippen LogP contribution in [0.5, 0.6) is 0 Å². The van der Waals surface area contributed by atoms with Crippen LogP contribution in [0.1, 0.15) is 5.56 Å². The van der Waals surface area contributed by atoms with Crippen molar-refractivity contribution in [2.24, 2.45) is 0 Å². The van der Waals surface area contributed by atoms with Gasteiger partial charge in [-0.15, -0.1) is 0 Å². The van der Waals surface area contributed by atoms with E-state index in [1.165, 1.54) is 28.6 Å². The number of anilines is 2. The molecular weight excluding hydrogens is 434 g/mol. The highest BCUT2D eigenvalue weighted by atomic mass is 32.2. The number of non-ortho nitro benzene ring substituents is 1. The van der Waals surface area contributed by atoms with Crippen molar-refractivity contribution < 1.29 is 18.1 Å². The van der Waals surface area contributed by atoms with Crippen LogP contribution in [0.15, 0.2) is 47.4 Å². The predicted octanol–water partition coefficient (Wildman–Crippen LogP) is 1.81. The quantitative estimate of drug-likeness (QED) is 0.492. The van der Waals surface area contributed by atoms with Gasteiger partial charge in [-0.3, -0.25) is 10.1 Å².